The van der Waals surface area contributed by atoms with Gasteiger partial charge in [-0.3, -0.25) is 0 Å². The number of benzene rings is 1. The average molecular weight is 263 g/mol. The van der Waals surface area contributed by atoms with Crippen LogP contribution in [0.5, 0.6) is 0 Å². The Bertz CT molecular complexity index is 598. The number of hydrogen-bond acceptors (Lipinski definition) is 3. The van der Waals surface area contributed by atoms with Crippen molar-refractivity contribution in [3.63, 3.8) is 0 Å². The fourth-order valence-corrected chi connectivity index (χ4v) is 2.80. The summed E-state index contributed by atoms with van der Waals surface area (Å²) in [5.41, 5.74) is 1.89. The van der Waals surface area contributed by atoms with Gasteiger partial charge in [-0.2, -0.15) is 0 Å². The molecule has 1 aliphatic rings. The normalized spacial score (nSPS) is 27.4. The summed E-state index contributed by atoms with van der Waals surface area (Å²) in [4.78, 5) is 0. The molecule has 1 aromatic rings. The van der Waals surface area contributed by atoms with Crippen LogP contribution in [0.25, 0.3) is 0 Å². The highest BCUT2D eigenvalue weighted by molar-refractivity contribution is 7.86. The summed E-state index contributed by atoms with van der Waals surface area (Å²) in [6.07, 6.45) is 6.51. The molecule has 3 nitrogen and oxygen atoms in total. The Morgan fingerprint density at radius 3 is 2.22 bits per heavy atom. The van der Waals surface area contributed by atoms with Crippen LogP contribution in [0, 0.1) is 6.92 Å². The average Bonchev–Trinajstić information content (AvgIpc) is 2.28. The van der Waals surface area contributed by atoms with Crippen molar-refractivity contribution in [3.8, 4) is 0 Å². The van der Waals surface area contributed by atoms with E-state index in [0.717, 1.165) is 11.1 Å². The quantitative estimate of drug-likeness (QED) is 0.607. The molecule has 0 atom stereocenters. The molecule has 0 amide bonds. The van der Waals surface area contributed by atoms with E-state index in [1.165, 1.54) is 12.2 Å². The van der Waals surface area contributed by atoms with Crippen LogP contribution in [-0.4, -0.2) is 18.2 Å². The van der Waals surface area contributed by atoms with Gasteiger partial charge in [-0.25, -0.2) is 8.42 Å². The monoisotopic (exact) mass is 263 g/mol. The molecule has 0 fully saturated rings. The predicted molar refractivity (Wildman–Crippen MR) is 70.3 cm³/mol. The van der Waals surface area contributed by atoms with E-state index < -0.39 is 15.4 Å². The fourth-order valence-electron chi connectivity index (χ4n) is 2.26. The van der Waals surface area contributed by atoms with E-state index in [4.69, 9.17) is 0 Å². The van der Waals surface area contributed by atoms with Crippen molar-refractivity contribution in [3.05, 3.63) is 59.7 Å². The van der Waals surface area contributed by atoms with Crippen LogP contribution in [0.15, 0.2) is 48.6 Å². The summed E-state index contributed by atoms with van der Waals surface area (Å²) in [5, 5.41) is -1.05. The van der Waals surface area contributed by atoms with Crippen LogP contribution in [0.3, 0.4) is 0 Å². The van der Waals surface area contributed by atoms with E-state index in [1.807, 2.05) is 38.1 Å². The summed E-state index contributed by atoms with van der Waals surface area (Å²) >= 11 is 0. The molecule has 0 bridgehead atoms. The molecule has 0 aromatic heterocycles. The Labute approximate surface area is 108 Å². The zero-order chi connectivity index (χ0) is 13.4. The maximum absolute atomic E-state index is 10.9. The molecule has 1 aliphatic carbocycles. The van der Waals surface area contributed by atoms with Crippen LogP contribution in [0.2, 0.25) is 0 Å². The molecule has 0 saturated carbocycles. The number of hydrogen-bond donors (Lipinski definition) is 0. The Hall–Kier alpha value is -1.39. The van der Waals surface area contributed by atoms with Gasteiger partial charge in [0.1, 0.15) is 10.1 Å². The van der Waals surface area contributed by atoms with Crippen molar-refractivity contribution in [2.75, 3.05) is 0 Å². The predicted octanol–water partition coefficient (Wildman–Crippen LogP) is 2.29. The summed E-state index contributed by atoms with van der Waals surface area (Å²) in [6.45, 7) is 4.01. The highest BCUT2D eigenvalue weighted by Gasteiger charge is 2.26. The molecule has 4 heteroatoms. The summed E-state index contributed by atoms with van der Waals surface area (Å²) in [6, 6.07) is 7.93. The minimum absolute atomic E-state index is 0.355. The summed E-state index contributed by atoms with van der Waals surface area (Å²) < 4.78 is 32.8. The molecule has 0 radical (unpaired) electrons. The maximum Gasteiger partial charge on any atom is 0.105 e. The van der Waals surface area contributed by atoms with Crippen molar-refractivity contribution in [1.29, 1.82) is 0 Å². The Kier molecular flexibility index (Phi) is 3.17. The topological polar surface area (TPSA) is 57.2 Å². The summed E-state index contributed by atoms with van der Waals surface area (Å²) in [7, 11) is -4.29. The SMILES string of the molecule is Cc1ccccc1C1(C)C=CC(S(=O)(=O)[O-])C=C1. The maximum atomic E-state index is 10.9. The third-order valence-electron chi connectivity index (χ3n) is 3.32. The Morgan fingerprint density at radius 2 is 1.72 bits per heavy atom. The first-order chi connectivity index (χ1) is 8.33. The number of aryl methyl sites for hydroxylation is 1. The highest BCUT2D eigenvalue weighted by atomic mass is 32.2. The zero-order valence-electron chi connectivity index (χ0n) is 10.3. The van der Waals surface area contributed by atoms with Crippen molar-refractivity contribution >= 4 is 10.1 Å². The van der Waals surface area contributed by atoms with Gasteiger partial charge in [0.2, 0.25) is 0 Å². The minimum atomic E-state index is -4.29. The second-order valence-corrected chi connectivity index (χ2v) is 6.30. The molecule has 96 valence electrons. The van der Waals surface area contributed by atoms with Gasteiger partial charge < -0.3 is 4.55 Å². The van der Waals surface area contributed by atoms with Gasteiger partial charge in [-0.05, 0) is 25.0 Å². The molecule has 0 unspecified atom stereocenters. The van der Waals surface area contributed by atoms with Gasteiger partial charge in [0, 0.05) is 5.41 Å². The van der Waals surface area contributed by atoms with Crippen LogP contribution >= 0.6 is 0 Å². The highest BCUT2D eigenvalue weighted by Crippen LogP contribution is 2.33. The molecule has 0 heterocycles. The third-order valence-corrected chi connectivity index (χ3v) is 4.30. The van der Waals surface area contributed by atoms with Gasteiger partial charge in [0.15, 0.2) is 0 Å². The molecule has 0 aliphatic heterocycles. The van der Waals surface area contributed by atoms with E-state index >= 15 is 0 Å². The first kappa shape index (κ1) is 13.1. The zero-order valence-corrected chi connectivity index (χ0v) is 11.1. The minimum Gasteiger partial charge on any atom is -0.747 e. The van der Waals surface area contributed by atoms with Crippen molar-refractivity contribution in [2.24, 2.45) is 0 Å². The van der Waals surface area contributed by atoms with Crippen LogP contribution in [0.4, 0.5) is 0 Å². The Morgan fingerprint density at radius 1 is 1.17 bits per heavy atom. The molecule has 1 aromatic carbocycles. The smallest absolute Gasteiger partial charge is 0.105 e. The van der Waals surface area contributed by atoms with Gasteiger partial charge in [0.05, 0.1) is 5.25 Å². The van der Waals surface area contributed by atoms with Crippen molar-refractivity contribution < 1.29 is 13.0 Å². The first-order valence-corrected chi connectivity index (χ1v) is 7.20. The molecule has 0 saturated heterocycles. The van der Waals surface area contributed by atoms with Crippen LogP contribution in [0.1, 0.15) is 18.1 Å². The fraction of sp³-hybridized carbons (Fsp3) is 0.286. The second-order valence-electron chi connectivity index (χ2n) is 4.77. The molecule has 2 rings (SSSR count). The molecular formula is C14H15O3S-. The van der Waals surface area contributed by atoms with E-state index in [9.17, 15) is 13.0 Å². The number of rotatable bonds is 2. The first-order valence-electron chi connectivity index (χ1n) is 5.72. The standard InChI is InChI=1S/C14H16O3S/c1-11-5-3-4-6-13(11)14(2)9-7-12(8-10-14)18(15,16)17/h3-10,12H,1-2H3,(H,15,16,17)/p-1. The molecular weight excluding hydrogens is 248 g/mol. The molecule has 0 spiro atoms. The molecule has 0 N–H and O–H groups in total. The third kappa shape index (κ3) is 2.40. The van der Waals surface area contributed by atoms with Gasteiger partial charge in [-0.15, -0.1) is 0 Å². The largest absolute Gasteiger partial charge is 0.747 e. The van der Waals surface area contributed by atoms with E-state index in [0.29, 0.717) is 0 Å². The molecule has 18 heavy (non-hydrogen) atoms. The van der Waals surface area contributed by atoms with E-state index in [-0.39, 0.29) is 5.41 Å². The lowest BCUT2D eigenvalue weighted by Gasteiger charge is -2.29. The van der Waals surface area contributed by atoms with Crippen molar-refractivity contribution in [2.45, 2.75) is 24.5 Å². The second kappa shape index (κ2) is 4.37. The number of allylic oxidation sites excluding steroid dienone is 2. The van der Waals surface area contributed by atoms with Crippen molar-refractivity contribution in [1.82, 2.24) is 0 Å². The van der Waals surface area contributed by atoms with Gasteiger partial charge in [-0.1, -0.05) is 48.6 Å². The lowest BCUT2D eigenvalue weighted by atomic mass is 9.77. The van der Waals surface area contributed by atoms with Crippen LogP contribution in [-0.2, 0) is 15.5 Å². The van der Waals surface area contributed by atoms with E-state index in [2.05, 4.69) is 0 Å². The van der Waals surface area contributed by atoms with Gasteiger partial charge in [0.25, 0.3) is 0 Å². The Balaban J connectivity index is 2.39. The lowest BCUT2D eigenvalue weighted by Crippen LogP contribution is -2.25. The summed E-state index contributed by atoms with van der Waals surface area (Å²) in [5.74, 6) is 0. The lowest BCUT2D eigenvalue weighted by molar-refractivity contribution is 0.460. The van der Waals surface area contributed by atoms with Crippen LogP contribution < -0.4 is 0 Å². The van der Waals surface area contributed by atoms with Gasteiger partial charge >= 0.3 is 0 Å². The van der Waals surface area contributed by atoms with E-state index in [1.54, 1.807) is 12.2 Å².